The summed E-state index contributed by atoms with van der Waals surface area (Å²) in [7, 11) is 0. The minimum atomic E-state index is 0.260. The van der Waals surface area contributed by atoms with Crippen molar-refractivity contribution in [2.75, 3.05) is 0 Å². The summed E-state index contributed by atoms with van der Waals surface area (Å²) >= 11 is 0. The third-order valence-electron chi connectivity index (χ3n) is 5.00. The molecule has 3 atom stereocenters. The predicted molar refractivity (Wildman–Crippen MR) is 79.1 cm³/mol. The van der Waals surface area contributed by atoms with Crippen LogP contribution in [0.3, 0.4) is 0 Å². The van der Waals surface area contributed by atoms with E-state index in [1.165, 1.54) is 19.3 Å². The Morgan fingerprint density at radius 3 is 2.90 bits per heavy atom. The van der Waals surface area contributed by atoms with Crippen LogP contribution in [0.25, 0.3) is 0 Å². The lowest BCUT2D eigenvalue weighted by Crippen LogP contribution is -2.33. The summed E-state index contributed by atoms with van der Waals surface area (Å²) in [4.78, 5) is 16.8. The van der Waals surface area contributed by atoms with E-state index in [1.807, 2.05) is 12.3 Å². The van der Waals surface area contributed by atoms with Gasteiger partial charge in [0.1, 0.15) is 0 Å². The highest BCUT2D eigenvalue weighted by Crippen LogP contribution is 2.48. The number of aromatic nitrogens is 1. The molecule has 3 heteroatoms. The molecule has 0 radical (unpaired) electrons. The smallest absolute Gasteiger partial charge is 0.223 e. The summed E-state index contributed by atoms with van der Waals surface area (Å²) in [6.07, 6.45) is 6.82. The Bertz CT molecular complexity index is 498. The number of fused-ring (bicyclic) bond motifs is 2. The second kappa shape index (κ2) is 5.55. The number of rotatable bonds is 4. The van der Waals surface area contributed by atoms with Gasteiger partial charge in [-0.1, -0.05) is 26.3 Å². The average molecular weight is 272 g/mol. The van der Waals surface area contributed by atoms with Crippen LogP contribution >= 0.6 is 0 Å². The van der Waals surface area contributed by atoms with Gasteiger partial charge in [-0.25, -0.2) is 0 Å². The number of carbonyl (C=O) groups is 1. The minimum absolute atomic E-state index is 0.260. The first-order valence-electron chi connectivity index (χ1n) is 7.86. The first-order chi connectivity index (χ1) is 9.65. The van der Waals surface area contributed by atoms with Gasteiger partial charge in [0.25, 0.3) is 0 Å². The summed E-state index contributed by atoms with van der Waals surface area (Å²) in [6, 6.07) is 4.02. The molecule has 2 saturated carbocycles. The molecule has 2 bridgehead atoms. The van der Waals surface area contributed by atoms with Gasteiger partial charge < -0.3 is 5.32 Å². The van der Waals surface area contributed by atoms with Crippen molar-refractivity contribution in [1.82, 2.24) is 10.3 Å². The molecule has 0 saturated heterocycles. The van der Waals surface area contributed by atoms with E-state index in [4.69, 9.17) is 0 Å². The second-order valence-electron chi connectivity index (χ2n) is 6.70. The first kappa shape index (κ1) is 13.6. The van der Waals surface area contributed by atoms with E-state index in [1.54, 1.807) is 0 Å². The van der Waals surface area contributed by atoms with Gasteiger partial charge in [-0.05, 0) is 48.6 Å². The molecule has 1 N–H and O–H groups in total. The van der Waals surface area contributed by atoms with Crippen LogP contribution in [0.1, 0.15) is 56.7 Å². The normalized spacial score (nSPS) is 28.1. The quantitative estimate of drug-likeness (QED) is 0.914. The Hall–Kier alpha value is -1.38. The van der Waals surface area contributed by atoms with Crippen molar-refractivity contribution in [1.29, 1.82) is 0 Å². The molecule has 1 aromatic rings. The van der Waals surface area contributed by atoms with Crippen molar-refractivity contribution in [2.24, 2.45) is 17.8 Å². The van der Waals surface area contributed by atoms with Crippen LogP contribution < -0.4 is 5.32 Å². The molecule has 3 unspecified atom stereocenters. The average Bonchev–Trinajstić information content (AvgIpc) is 3.07. The monoisotopic (exact) mass is 272 g/mol. The summed E-state index contributed by atoms with van der Waals surface area (Å²) < 4.78 is 0. The molecule has 3 rings (SSSR count). The Labute approximate surface area is 121 Å². The molecule has 0 aromatic carbocycles. The fourth-order valence-electron chi connectivity index (χ4n) is 4.00. The standard InChI is InChI=1S/C17H24N2O/c1-11(2)16-14(4-3-7-18-16)10-19-17(20)15-9-12-5-6-13(15)8-12/h3-4,7,11-13,15H,5-6,8-10H2,1-2H3,(H,19,20). The molecule has 108 valence electrons. The van der Waals surface area contributed by atoms with Gasteiger partial charge in [-0.3, -0.25) is 9.78 Å². The van der Waals surface area contributed by atoms with Crippen molar-refractivity contribution < 1.29 is 4.79 Å². The highest BCUT2D eigenvalue weighted by molar-refractivity contribution is 5.79. The lowest BCUT2D eigenvalue weighted by Gasteiger charge is -2.21. The maximum absolute atomic E-state index is 12.4. The molecule has 1 aromatic heterocycles. The topological polar surface area (TPSA) is 42.0 Å². The predicted octanol–water partition coefficient (Wildman–Crippen LogP) is 3.26. The van der Waals surface area contributed by atoms with E-state index in [9.17, 15) is 4.79 Å². The minimum Gasteiger partial charge on any atom is -0.352 e. The van der Waals surface area contributed by atoms with Crippen molar-refractivity contribution in [3.63, 3.8) is 0 Å². The van der Waals surface area contributed by atoms with Gasteiger partial charge >= 0.3 is 0 Å². The Morgan fingerprint density at radius 2 is 2.25 bits per heavy atom. The van der Waals surface area contributed by atoms with Crippen molar-refractivity contribution in [3.05, 3.63) is 29.6 Å². The Morgan fingerprint density at radius 1 is 1.40 bits per heavy atom. The van der Waals surface area contributed by atoms with E-state index in [2.05, 4.69) is 30.2 Å². The van der Waals surface area contributed by atoms with E-state index >= 15 is 0 Å². The fourth-order valence-corrected chi connectivity index (χ4v) is 4.00. The highest BCUT2D eigenvalue weighted by Gasteiger charge is 2.42. The molecular weight excluding hydrogens is 248 g/mol. The van der Waals surface area contributed by atoms with Crippen molar-refractivity contribution in [3.8, 4) is 0 Å². The third kappa shape index (κ3) is 2.58. The summed E-state index contributed by atoms with van der Waals surface area (Å²) in [5.74, 6) is 2.40. The number of nitrogens with zero attached hydrogens (tertiary/aromatic N) is 1. The van der Waals surface area contributed by atoms with Crippen molar-refractivity contribution >= 4 is 5.91 Å². The van der Waals surface area contributed by atoms with E-state index in [-0.39, 0.29) is 11.8 Å². The number of carbonyl (C=O) groups excluding carboxylic acids is 1. The van der Waals surface area contributed by atoms with Gasteiger partial charge in [0.15, 0.2) is 0 Å². The summed E-state index contributed by atoms with van der Waals surface area (Å²) in [5, 5.41) is 3.14. The van der Waals surface area contributed by atoms with Crippen LogP contribution in [0.4, 0.5) is 0 Å². The lowest BCUT2D eigenvalue weighted by atomic mass is 9.88. The van der Waals surface area contributed by atoms with Crippen LogP contribution in [-0.2, 0) is 11.3 Å². The highest BCUT2D eigenvalue weighted by atomic mass is 16.1. The second-order valence-corrected chi connectivity index (χ2v) is 6.70. The van der Waals surface area contributed by atoms with Gasteiger partial charge in [0.2, 0.25) is 5.91 Å². The van der Waals surface area contributed by atoms with Crippen LogP contribution in [-0.4, -0.2) is 10.9 Å². The molecular formula is C17H24N2O. The van der Waals surface area contributed by atoms with Gasteiger partial charge in [-0.15, -0.1) is 0 Å². The first-order valence-corrected chi connectivity index (χ1v) is 7.86. The molecule has 0 aliphatic heterocycles. The van der Waals surface area contributed by atoms with Crippen molar-refractivity contribution in [2.45, 2.75) is 52.0 Å². The molecule has 3 nitrogen and oxygen atoms in total. The number of hydrogen-bond donors (Lipinski definition) is 1. The van der Waals surface area contributed by atoms with Gasteiger partial charge in [0.05, 0.1) is 0 Å². The fraction of sp³-hybridized carbons (Fsp3) is 0.647. The Balaban J connectivity index is 1.61. The molecule has 20 heavy (non-hydrogen) atoms. The van der Waals surface area contributed by atoms with Crippen LogP contribution in [0.5, 0.6) is 0 Å². The summed E-state index contributed by atoms with van der Waals surface area (Å²) in [6.45, 7) is 4.90. The zero-order valence-corrected chi connectivity index (χ0v) is 12.4. The van der Waals surface area contributed by atoms with Crippen LogP contribution in [0.2, 0.25) is 0 Å². The van der Waals surface area contributed by atoms with E-state index in [0.29, 0.717) is 18.4 Å². The number of hydrogen-bond acceptors (Lipinski definition) is 2. The number of amides is 1. The molecule has 0 spiro atoms. The van der Waals surface area contributed by atoms with Crippen LogP contribution in [0, 0.1) is 17.8 Å². The Kier molecular flexibility index (Phi) is 3.77. The van der Waals surface area contributed by atoms with Gasteiger partial charge in [0, 0.05) is 24.4 Å². The largest absolute Gasteiger partial charge is 0.352 e. The molecule has 2 aliphatic rings. The molecule has 2 aliphatic carbocycles. The maximum Gasteiger partial charge on any atom is 0.223 e. The number of pyridine rings is 1. The molecule has 2 fully saturated rings. The number of nitrogens with one attached hydrogen (secondary N) is 1. The summed E-state index contributed by atoms with van der Waals surface area (Å²) in [5.41, 5.74) is 2.25. The van der Waals surface area contributed by atoms with E-state index < -0.39 is 0 Å². The van der Waals surface area contributed by atoms with E-state index in [0.717, 1.165) is 23.6 Å². The SMILES string of the molecule is CC(C)c1ncccc1CNC(=O)C1CC2CCC1C2. The molecule has 1 amide bonds. The zero-order chi connectivity index (χ0) is 14.1. The van der Waals surface area contributed by atoms with Crippen LogP contribution in [0.15, 0.2) is 18.3 Å². The zero-order valence-electron chi connectivity index (χ0n) is 12.4. The maximum atomic E-state index is 12.4. The lowest BCUT2D eigenvalue weighted by molar-refractivity contribution is -0.126. The third-order valence-corrected chi connectivity index (χ3v) is 5.00. The molecule has 1 heterocycles. The van der Waals surface area contributed by atoms with Gasteiger partial charge in [-0.2, -0.15) is 0 Å².